The first-order valence-electron chi connectivity index (χ1n) is 5.03. The van der Waals surface area contributed by atoms with E-state index in [-0.39, 0.29) is 12.2 Å². The van der Waals surface area contributed by atoms with E-state index in [1.807, 2.05) is 0 Å². The van der Waals surface area contributed by atoms with Crippen LogP contribution in [0.1, 0.15) is 13.8 Å². The minimum Gasteiger partial charge on any atom is -0.372 e. The molecule has 1 saturated heterocycles. The highest BCUT2D eigenvalue weighted by molar-refractivity contribution is 9.10. The second kappa shape index (κ2) is 4.45. The highest BCUT2D eigenvalue weighted by Crippen LogP contribution is 2.17. The number of hydrogen-bond acceptors (Lipinski definition) is 4. The van der Waals surface area contributed by atoms with Crippen molar-refractivity contribution < 1.29 is 4.74 Å². The van der Waals surface area contributed by atoms with E-state index >= 15 is 0 Å². The molecule has 82 valence electrons. The summed E-state index contributed by atoms with van der Waals surface area (Å²) in [6, 6.07) is 0. The van der Waals surface area contributed by atoms with Gasteiger partial charge in [0.1, 0.15) is 10.4 Å². The summed E-state index contributed by atoms with van der Waals surface area (Å²) in [7, 11) is 0. The zero-order valence-electron chi connectivity index (χ0n) is 8.85. The van der Waals surface area contributed by atoms with Crippen LogP contribution in [-0.4, -0.2) is 35.3 Å². The van der Waals surface area contributed by atoms with Gasteiger partial charge in [0.15, 0.2) is 0 Å². The van der Waals surface area contributed by atoms with Gasteiger partial charge in [0.05, 0.1) is 24.6 Å². The van der Waals surface area contributed by atoms with E-state index in [2.05, 4.69) is 44.6 Å². The SMILES string of the molecule is CC1CN(c2cnc(Br)cn2)CC(C)O1. The van der Waals surface area contributed by atoms with E-state index in [0.29, 0.717) is 0 Å². The first kappa shape index (κ1) is 10.8. The Labute approximate surface area is 97.8 Å². The van der Waals surface area contributed by atoms with Crippen molar-refractivity contribution in [3.05, 3.63) is 17.0 Å². The summed E-state index contributed by atoms with van der Waals surface area (Å²) in [6.07, 6.45) is 4.01. The Balaban J connectivity index is 2.12. The van der Waals surface area contributed by atoms with Crippen molar-refractivity contribution in [1.29, 1.82) is 0 Å². The van der Waals surface area contributed by atoms with Crippen LogP contribution in [0.2, 0.25) is 0 Å². The van der Waals surface area contributed by atoms with Crippen molar-refractivity contribution in [3.63, 3.8) is 0 Å². The van der Waals surface area contributed by atoms with E-state index in [0.717, 1.165) is 23.5 Å². The van der Waals surface area contributed by atoms with Crippen molar-refractivity contribution in [2.75, 3.05) is 18.0 Å². The van der Waals surface area contributed by atoms with Gasteiger partial charge < -0.3 is 9.64 Å². The van der Waals surface area contributed by atoms with Gasteiger partial charge in [-0.25, -0.2) is 9.97 Å². The summed E-state index contributed by atoms with van der Waals surface area (Å²) in [5.74, 6) is 0.917. The average Bonchev–Trinajstić information content (AvgIpc) is 2.17. The van der Waals surface area contributed by atoms with Crippen molar-refractivity contribution in [2.45, 2.75) is 26.1 Å². The molecule has 0 aromatic carbocycles. The Bertz CT molecular complexity index is 320. The predicted molar refractivity (Wildman–Crippen MR) is 62.0 cm³/mol. The Kier molecular flexibility index (Phi) is 3.21. The third kappa shape index (κ3) is 2.66. The molecule has 2 heterocycles. The molecule has 2 atom stereocenters. The molecule has 1 aromatic heterocycles. The van der Waals surface area contributed by atoms with Gasteiger partial charge >= 0.3 is 0 Å². The fraction of sp³-hybridized carbons (Fsp3) is 0.600. The molecule has 0 saturated carbocycles. The molecule has 1 aliphatic heterocycles. The van der Waals surface area contributed by atoms with Crippen LogP contribution in [0.5, 0.6) is 0 Å². The molecule has 2 rings (SSSR count). The van der Waals surface area contributed by atoms with Crippen LogP contribution < -0.4 is 4.90 Å². The zero-order valence-corrected chi connectivity index (χ0v) is 10.4. The molecule has 2 unspecified atom stereocenters. The third-order valence-electron chi connectivity index (χ3n) is 2.35. The van der Waals surface area contributed by atoms with Crippen molar-refractivity contribution in [2.24, 2.45) is 0 Å². The maximum absolute atomic E-state index is 5.66. The Hall–Kier alpha value is -0.680. The largest absolute Gasteiger partial charge is 0.372 e. The number of hydrogen-bond donors (Lipinski definition) is 0. The van der Waals surface area contributed by atoms with Gasteiger partial charge in [-0.1, -0.05) is 0 Å². The molecule has 0 aliphatic carbocycles. The standard InChI is InChI=1S/C10H14BrN3O/c1-7-5-14(6-8(2)15-7)10-4-12-9(11)3-13-10/h3-4,7-8H,5-6H2,1-2H3. The van der Waals surface area contributed by atoms with Crippen LogP contribution in [0.15, 0.2) is 17.0 Å². The number of rotatable bonds is 1. The molecule has 1 aliphatic rings. The highest BCUT2D eigenvalue weighted by atomic mass is 79.9. The number of aromatic nitrogens is 2. The quantitative estimate of drug-likeness (QED) is 0.782. The van der Waals surface area contributed by atoms with Crippen molar-refractivity contribution in [1.82, 2.24) is 9.97 Å². The Morgan fingerprint density at radius 1 is 1.27 bits per heavy atom. The van der Waals surface area contributed by atoms with Crippen LogP contribution in [0, 0.1) is 0 Å². The van der Waals surface area contributed by atoms with E-state index in [9.17, 15) is 0 Å². The molecule has 0 spiro atoms. The van der Waals surface area contributed by atoms with Crippen LogP contribution in [0.3, 0.4) is 0 Å². The van der Waals surface area contributed by atoms with E-state index in [1.165, 1.54) is 0 Å². The van der Waals surface area contributed by atoms with Crippen LogP contribution >= 0.6 is 15.9 Å². The van der Waals surface area contributed by atoms with Gasteiger partial charge in [0, 0.05) is 13.1 Å². The molecule has 0 radical (unpaired) electrons. The fourth-order valence-corrected chi connectivity index (χ4v) is 2.04. The number of nitrogens with zero attached hydrogens (tertiary/aromatic N) is 3. The lowest BCUT2D eigenvalue weighted by Crippen LogP contribution is -2.45. The molecular formula is C10H14BrN3O. The van der Waals surface area contributed by atoms with E-state index in [1.54, 1.807) is 12.4 Å². The maximum Gasteiger partial charge on any atom is 0.147 e. The summed E-state index contributed by atoms with van der Waals surface area (Å²) in [5, 5.41) is 0. The van der Waals surface area contributed by atoms with Gasteiger partial charge in [-0.15, -0.1) is 0 Å². The lowest BCUT2D eigenvalue weighted by molar-refractivity contribution is -0.00547. The first-order valence-corrected chi connectivity index (χ1v) is 5.82. The van der Waals surface area contributed by atoms with Crippen LogP contribution in [-0.2, 0) is 4.74 Å². The number of ether oxygens (including phenoxy) is 1. The van der Waals surface area contributed by atoms with Crippen LogP contribution in [0.25, 0.3) is 0 Å². The number of morpholine rings is 1. The lowest BCUT2D eigenvalue weighted by Gasteiger charge is -2.35. The summed E-state index contributed by atoms with van der Waals surface area (Å²) in [5.41, 5.74) is 0. The molecule has 1 aromatic rings. The second-order valence-electron chi connectivity index (χ2n) is 3.86. The van der Waals surface area contributed by atoms with Crippen molar-refractivity contribution in [3.8, 4) is 0 Å². The molecule has 15 heavy (non-hydrogen) atoms. The average molecular weight is 272 g/mol. The Morgan fingerprint density at radius 3 is 2.47 bits per heavy atom. The summed E-state index contributed by atoms with van der Waals surface area (Å²) in [4.78, 5) is 10.7. The topological polar surface area (TPSA) is 38.2 Å². The smallest absolute Gasteiger partial charge is 0.147 e. The molecule has 5 heteroatoms. The van der Waals surface area contributed by atoms with Gasteiger partial charge in [-0.05, 0) is 29.8 Å². The zero-order chi connectivity index (χ0) is 10.8. The lowest BCUT2D eigenvalue weighted by atomic mass is 10.2. The van der Waals surface area contributed by atoms with Gasteiger partial charge in [-0.2, -0.15) is 0 Å². The third-order valence-corrected chi connectivity index (χ3v) is 2.76. The normalized spacial score (nSPS) is 26.7. The molecule has 4 nitrogen and oxygen atoms in total. The van der Waals surface area contributed by atoms with Gasteiger partial charge in [0.2, 0.25) is 0 Å². The Morgan fingerprint density at radius 2 is 1.93 bits per heavy atom. The molecular weight excluding hydrogens is 258 g/mol. The van der Waals surface area contributed by atoms with Crippen molar-refractivity contribution >= 4 is 21.7 Å². The first-order chi connectivity index (χ1) is 7.15. The summed E-state index contributed by atoms with van der Waals surface area (Å²) in [6.45, 7) is 5.91. The summed E-state index contributed by atoms with van der Waals surface area (Å²) < 4.78 is 6.43. The maximum atomic E-state index is 5.66. The fourth-order valence-electron chi connectivity index (χ4n) is 1.83. The van der Waals surface area contributed by atoms with E-state index < -0.39 is 0 Å². The molecule has 0 bridgehead atoms. The van der Waals surface area contributed by atoms with E-state index in [4.69, 9.17) is 4.74 Å². The second-order valence-corrected chi connectivity index (χ2v) is 4.67. The monoisotopic (exact) mass is 271 g/mol. The predicted octanol–water partition coefficient (Wildman–Crippen LogP) is 1.85. The number of anilines is 1. The number of halogens is 1. The summed E-state index contributed by atoms with van der Waals surface area (Å²) >= 11 is 3.28. The molecule has 1 fully saturated rings. The minimum absolute atomic E-state index is 0.249. The molecule has 0 N–H and O–H groups in total. The van der Waals surface area contributed by atoms with Crippen LogP contribution in [0.4, 0.5) is 5.82 Å². The minimum atomic E-state index is 0.249. The van der Waals surface area contributed by atoms with Gasteiger partial charge in [-0.3, -0.25) is 0 Å². The highest BCUT2D eigenvalue weighted by Gasteiger charge is 2.23. The van der Waals surface area contributed by atoms with Gasteiger partial charge in [0.25, 0.3) is 0 Å². The molecule has 0 amide bonds.